The minimum atomic E-state index is -0.130. The van der Waals surface area contributed by atoms with Crippen molar-refractivity contribution in [3.8, 4) is 11.5 Å². The van der Waals surface area contributed by atoms with Crippen molar-refractivity contribution in [2.75, 3.05) is 27.3 Å². The SMILES string of the molecule is CCCC[C@H](CC)CNC(=O)CN1C=Cc2cc(OC)c(OC)cc2CC1=O. The van der Waals surface area contributed by atoms with E-state index in [0.717, 1.165) is 30.4 Å². The van der Waals surface area contributed by atoms with E-state index in [4.69, 9.17) is 9.47 Å². The molecule has 0 aliphatic carbocycles. The summed E-state index contributed by atoms with van der Waals surface area (Å²) in [4.78, 5) is 26.5. The Bertz CT molecular complexity index is 715. The van der Waals surface area contributed by atoms with E-state index in [-0.39, 0.29) is 24.8 Å². The summed E-state index contributed by atoms with van der Waals surface area (Å²) in [6.45, 7) is 5.01. The molecule has 0 unspecified atom stereocenters. The van der Waals surface area contributed by atoms with Gasteiger partial charge in [0, 0.05) is 12.7 Å². The van der Waals surface area contributed by atoms with Crippen LogP contribution in [0.5, 0.6) is 11.5 Å². The quantitative estimate of drug-likeness (QED) is 0.667. The molecule has 2 rings (SSSR count). The average Bonchev–Trinajstić information content (AvgIpc) is 2.85. The minimum Gasteiger partial charge on any atom is -0.493 e. The van der Waals surface area contributed by atoms with Gasteiger partial charge in [0.25, 0.3) is 0 Å². The van der Waals surface area contributed by atoms with Gasteiger partial charge in [-0.1, -0.05) is 33.1 Å². The molecule has 1 aliphatic rings. The van der Waals surface area contributed by atoms with Crippen molar-refractivity contribution in [1.82, 2.24) is 10.2 Å². The standard InChI is InChI=1S/C22H32N2O4/c1-5-7-8-16(6-2)14-23-21(25)15-24-10-9-17-11-19(27-3)20(28-4)12-18(17)13-22(24)26/h9-12,16H,5-8,13-15H2,1-4H3,(H,23,25)/t16-/m0/s1. The lowest BCUT2D eigenvalue weighted by molar-refractivity contribution is -0.132. The fraction of sp³-hybridized carbons (Fsp3) is 0.545. The number of ether oxygens (including phenoxy) is 2. The predicted molar refractivity (Wildman–Crippen MR) is 110 cm³/mol. The Morgan fingerprint density at radius 3 is 2.57 bits per heavy atom. The summed E-state index contributed by atoms with van der Waals surface area (Å²) in [6.07, 6.45) is 8.22. The number of nitrogens with zero attached hydrogens (tertiary/aromatic N) is 1. The van der Waals surface area contributed by atoms with Crippen LogP contribution in [0.3, 0.4) is 0 Å². The number of hydrogen-bond acceptors (Lipinski definition) is 4. The second kappa shape index (κ2) is 10.7. The molecule has 0 radical (unpaired) electrons. The number of hydrogen-bond donors (Lipinski definition) is 1. The third kappa shape index (κ3) is 5.75. The third-order valence-corrected chi connectivity index (χ3v) is 5.19. The van der Waals surface area contributed by atoms with Crippen LogP contribution in [-0.4, -0.2) is 44.0 Å². The van der Waals surface area contributed by atoms with E-state index in [9.17, 15) is 9.59 Å². The van der Waals surface area contributed by atoms with Gasteiger partial charge in [-0.3, -0.25) is 9.59 Å². The van der Waals surface area contributed by atoms with Crippen molar-refractivity contribution in [2.45, 2.75) is 46.0 Å². The molecule has 0 fully saturated rings. The zero-order chi connectivity index (χ0) is 20.5. The van der Waals surface area contributed by atoms with Gasteiger partial charge in [0.2, 0.25) is 11.8 Å². The molecule has 2 amide bonds. The molecule has 1 aromatic rings. The number of fused-ring (bicyclic) bond motifs is 1. The molecule has 0 spiro atoms. The number of benzene rings is 1. The van der Waals surface area contributed by atoms with E-state index in [0.29, 0.717) is 24.0 Å². The summed E-state index contributed by atoms with van der Waals surface area (Å²) in [6, 6.07) is 3.67. The maximum atomic E-state index is 12.6. The summed E-state index contributed by atoms with van der Waals surface area (Å²) >= 11 is 0. The summed E-state index contributed by atoms with van der Waals surface area (Å²) in [7, 11) is 3.15. The zero-order valence-corrected chi connectivity index (χ0v) is 17.4. The van der Waals surface area contributed by atoms with Crippen molar-refractivity contribution in [1.29, 1.82) is 0 Å². The van der Waals surface area contributed by atoms with E-state index < -0.39 is 0 Å². The summed E-state index contributed by atoms with van der Waals surface area (Å²) < 4.78 is 10.7. The molecule has 1 N–H and O–H groups in total. The fourth-order valence-electron chi connectivity index (χ4n) is 3.32. The highest BCUT2D eigenvalue weighted by Gasteiger charge is 2.21. The number of carbonyl (C=O) groups is 2. The Morgan fingerprint density at radius 1 is 1.21 bits per heavy atom. The second-order valence-electron chi connectivity index (χ2n) is 7.14. The lowest BCUT2D eigenvalue weighted by Crippen LogP contribution is -2.39. The van der Waals surface area contributed by atoms with Crippen LogP contribution in [-0.2, 0) is 16.0 Å². The molecule has 1 heterocycles. The van der Waals surface area contributed by atoms with E-state index in [1.54, 1.807) is 20.4 Å². The maximum absolute atomic E-state index is 12.6. The van der Waals surface area contributed by atoms with Gasteiger partial charge in [0.1, 0.15) is 6.54 Å². The van der Waals surface area contributed by atoms with Gasteiger partial charge in [-0.25, -0.2) is 0 Å². The van der Waals surface area contributed by atoms with Gasteiger partial charge in [0.05, 0.1) is 20.6 Å². The molecular formula is C22H32N2O4. The molecule has 1 aromatic carbocycles. The van der Waals surface area contributed by atoms with E-state index in [2.05, 4.69) is 19.2 Å². The van der Waals surface area contributed by atoms with Gasteiger partial charge in [0.15, 0.2) is 11.5 Å². The number of rotatable bonds is 10. The Balaban J connectivity index is 2.00. The molecule has 0 aromatic heterocycles. The summed E-state index contributed by atoms with van der Waals surface area (Å²) in [5.41, 5.74) is 1.74. The molecule has 0 saturated carbocycles. The van der Waals surface area contributed by atoms with E-state index >= 15 is 0 Å². The number of amides is 2. The Hall–Kier alpha value is -2.50. The Labute approximate surface area is 167 Å². The van der Waals surface area contributed by atoms with Crippen molar-refractivity contribution < 1.29 is 19.1 Å². The third-order valence-electron chi connectivity index (χ3n) is 5.19. The summed E-state index contributed by atoms with van der Waals surface area (Å²) in [5, 5.41) is 2.98. The Morgan fingerprint density at radius 2 is 1.93 bits per heavy atom. The van der Waals surface area contributed by atoms with Crippen LogP contribution >= 0.6 is 0 Å². The van der Waals surface area contributed by atoms with Crippen LogP contribution in [0.2, 0.25) is 0 Å². The van der Waals surface area contributed by atoms with E-state index in [1.807, 2.05) is 18.2 Å². The smallest absolute Gasteiger partial charge is 0.240 e. The first-order valence-electron chi connectivity index (χ1n) is 10.0. The predicted octanol–water partition coefficient (Wildman–Crippen LogP) is 3.39. The van der Waals surface area contributed by atoms with Gasteiger partial charge < -0.3 is 19.7 Å². The fourth-order valence-corrected chi connectivity index (χ4v) is 3.32. The van der Waals surface area contributed by atoms with Crippen LogP contribution < -0.4 is 14.8 Å². The van der Waals surface area contributed by atoms with Crippen molar-refractivity contribution in [3.63, 3.8) is 0 Å². The average molecular weight is 389 g/mol. The molecular weight excluding hydrogens is 356 g/mol. The molecule has 0 bridgehead atoms. The number of nitrogens with one attached hydrogen (secondary N) is 1. The molecule has 0 saturated heterocycles. The largest absolute Gasteiger partial charge is 0.493 e. The first kappa shape index (κ1) is 21.8. The van der Waals surface area contributed by atoms with Crippen LogP contribution in [0.25, 0.3) is 6.08 Å². The molecule has 1 aliphatic heterocycles. The van der Waals surface area contributed by atoms with Gasteiger partial charge >= 0.3 is 0 Å². The zero-order valence-electron chi connectivity index (χ0n) is 17.4. The normalized spacial score (nSPS) is 14.3. The van der Waals surface area contributed by atoms with Gasteiger partial charge in [-0.05, 0) is 41.7 Å². The van der Waals surface area contributed by atoms with Crippen molar-refractivity contribution >= 4 is 17.9 Å². The number of methoxy groups -OCH3 is 2. The first-order valence-corrected chi connectivity index (χ1v) is 10.0. The van der Waals surface area contributed by atoms with Crippen LogP contribution in [0.1, 0.15) is 50.7 Å². The van der Waals surface area contributed by atoms with E-state index in [1.165, 1.54) is 11.3 Å². The van der Waals surface area contributed by atoms with Crippen molar-refractivity contribution in [2.24, 2.45) is 5.92 Å². The maximum Gasteiger partial charge on any atom is 0.240 e. The lowest BCUT2D eigenvalue weighted by atomic mass is 9.99. The molecule has 6 nitrogen and oxygen atoms in total. The lowest BCUT2D eigenvalue weighted by Gasteiger charge is -2.19. The molecule has 28 heavy (non-hydrogen) atoms. The van der Waals surface area contributed by atoms with Gasteiger partial charge in [-0.15, -0.1) is 0 Å². The Kier molecular flexibility index (Phi) is 8.36. The van der Waals surface area contributed by atoms with Crippen LogP contribution in [0, 0.1) is 5.92 Å². The second-order valence-corrected chi connectivity index (χ2v) is 7.14. The topological polar surface area (TPSA) is 67.9 Å². The van der Waals surface area contributed by atoms with Crippen LogP contribution in [0.15, 0.2) is 18.3 Å². The molecule has 1 atom stereocenters. The number of unbranched alkanes of at least 4 members (excludes halogenated alkanes) is 1. The monoisotopic (exact) mass is 388 g/mol. The minimum absolute atomic E-state index is 0.0296. The molecule has 6 heteroatoms. The highest BCUT2D eigenvalue weighted by Crippen LogP contribution is 2.32. The van der Waals surface area contributed by atoms with Crippen molar-refractivity contribution in [3.05, 3.63) is 29.5 Å². The highest BCUT2D eigenvalue weighted by molar-refractivity contribution is 5.89. The number of carbonyl (C=O) groups excluding carboxylic acids is 2. The highest BCUT2D eigenvalue weighted by atomic mass is 16.5. The van der Waals surface area contributed by atoms with Crippen LogP contribution in [0.4, 0.5) is 0 Å². The van der Waals surface area contributed by atoms with Gasteiger partial charge in [-0.2, -0.15) is 0 Å². The molecule has 154 valence electrons. The first-order chi connectivity index (χ1) is 13.5. The summed E-state index contributed by atoms with van der Waals surface area (Å²) in [5.74, 6) is 1.45.